The van der Waals surface area contributed by atoms with Crippen molar-refractivity contribution in [1.29, 1.82) is 0 Å². The maximum Gasteiger partial charge on any atom is 0.360 e. The monoisotopic (exact) mass is 231 g/mol. The van der Waals surface area contributed by atoms with Gasteiger partial charge in [0, 0.05) is 5.38 Å². The van der Waals surface area contributed by atoms with Crippen molar-refractivity contribution in [3.05, 3.63) is 11.1 Å². The largest absolute Gasteiger partial charge is 0.476 e. The first-order valence-corrected chi connectivity index (χ1v) is 4.78. The fraction of sp³-hybridized carbons (Fsp3) is 0.286. The molecule has 82 valence electrons. The summed E-state index contributed by atoms with van der Waals surface area (Å²) < 4.78 is 0. The molecule has 0 spiro atoms. The Hall–Kier alpha value is -1.67. The molecular formula is C7H9N3O4S. The molecule has 1 aromatic rings. The number of anilines is 1. The summed E-state index contributed by atoms with van der Waals surface area (Å²) in [4.78, 5) is 19.1. The van der Waals surface area contributed by atoms with Gasteiger partial charge in [-0.05, 0) is 0 Å². The third-order valence-corrected chi connectivity index (χ3v) is 1.98. The van der Waals surface area contributed by atoms with Crippen molar-refractivity contribution in [1.82, 2.24) is 4.98 Å². The number of aliphatic hydroxyl groups is 1. The van der Waals surface area contributed by atoms with Gasteiger partial charge in [0.15, 0.2) is 5.13 Å². The van der Waals surface area contributed by atoms with E-state index >= 15 is 0 Å². The van der Waals surface area contributed by atoms with Gasteiger partial charge < -0.3 is 20.8 Å². The summed E-state index contributed by atoms with van der Waals surface area (Å²) in [6.45, 7) is -0.313. The summed E-state index contributed by atoms with van der Waals surface area (Å²) in [7, 11) is 0. The second kappa shape index (κ2) is 5.27. The van der Waals surface area contributed by atoms with E-state index in [4.69, 9.17) is 15.9 Å². The first kappa shape index (κ1) is 11.4. The van der Waals surface area contributed by atoms with Gasteiger partial charge in [-0.2, -0.15) is 0 Å². The Kier molecular flexibility index (Phi) is 4.01. The van der Waals surface area contributed by atoms with Gasteiger partial charge in [-0.15, -0.1) is 11.3 Å². The number of oxime groups is 1. The lowest BCUT2D eigenvalue weighted by Crippen LogP contribution is -2.16. The Balaban J connectivity index is 2.83. The number of rotatable bonds is 5. The minimum absolute atomic E-state index is 0.0730. The zero-order valence-corrected chi connectivity index (χ0v) is 8.40. The summed E-state index contributed by atoms with van der Waals surface area (Å²) in [5, 5.41) is 22.3. The molecule has 0 aliphatic rings. The molecule has 8 heteroatoms. The van der Waals surface area contributed by atoms with Gasteiger partial charge in [0.1, 0.15) is 12.3 Å². The van der Waals surface area contributed by atoms with Gasteiger partial charge in [0.05, 0.1) is 6.61 Å². The molecule has 0 fully saturated rings. The van der Waals surface area contributed by atoms with Crippen molar-refractivity contribution in [2.45, 2.75) is 0 Å². The van der Waals surface area contributed by atoms with Crippen molar-refractivity contribution in [2.75, 3.05) is 18.9 Å². The van der Waals surface area contributed by atoms with E-state index in [1.807, 2.05) is 0 Å². The zero-order chi connectivity index (χ0) is 11.3. The van der Waals surface area contributed by atoms with Crippen molar-refractivity contribution in [2.24, 2.45) is 5.16 Å². The van der Waals surface area contributed by atoms with Gasteiger partial charge in [0.25, 0.3) is 0 Å². The molecule has 0 atom stereocenters. The third kappa shape index (κ3) is 3.18. The maximum atomic E-state index is 10.8. The van der Waals surface area contributed by atoms with Crippen LogP contribution in [0.25, 0.3) is 0 Å². The number of aromatic nitrogens is 1. The summed E-state index contributed by atoms with van der Waals surface area (Å²) in [6.07, 6.45) is 0. The number of nitrogen functional groups attached to an aromatic ring is 1. The van der Waals surface area contributed by atoms with Crippen LogP contribution in [0.5, 0.6) is 0 Å². The second-order valence-electron chi connectivity index (χ2n) is 2.37. The number of aliphatic carboxylic acids is 1. The number of nitrogens with two attached hydrogens (primary N) is 1. The van der Waals surface area contributed by atoms with Crippen LogP contribution in [0, 0.1) is 0 Å². The Labute approximate surface area is 88.8 Å². The molecule has 0 saturated carbocycles. The van der Waals surface area contributed by atoms with Gasteiger partial charge in [-0.25, -0.2) is 9.78 Å². The molecule has 0 aliphatic carbocycles. The third-order valence-electron chi connectivity index (χ3n) is 1.31. The van der Waals surface area contributed by atoms with E-state index < -0.39 is 5.97 Å². The molecule has 1 aromatic heterocycles. The van der Waals surface area contributed by atoms with Crippen LogP contribution in [-0.2, 0) is 9.63 Å². The number of hydrogen-bond acceptors (Lipinski definition) is 7. The standard InChI is InChI=1S/C7H9N3O4S/c8-7-9-4(3-15-7)5(6(12)13)10-14-2-1-11/h3,11H,1-2H2,(H2,8,9)(H,12,13). The summed E-state index contributed by atoms with van der Waals surface area (Å²) in [5.41, 5.74) is 5.15. The average molecular weight is 231 g/mol. The molecule has 0 bridgehead atoms. The van der Waals surface area contributed by atoms with Gasteiger partial charge >= 0.3 is 5.97 Å². The second-order valence-corrected chi connectivity index (χ2v) is 3.26. The number of thiazole rings is 1. The number of carboxylic acid groups (broad SMARTS) is 1. The summed E-state index contributed by atoms with van der Waals surface area (Å²) in [6, 6.07) is 0. The number of nitrogens with zero attached hydrogens (tertiary/aromatic N) is 2. The zero-order valence-electron chi connectivity index (χ0n) is 7.58. The molecule has 1 rings (SSSR count). The van der Waals surface area contributed by atoms with Crippen molar-refractivity contribution < 1.29 is 19.8 Å². The number of hydrogen-bond donors (Lipinski definition) is 3. The van der Waals surface area contributed by atoms with Crippen molar-refractivity contribution >= 4 is 28.1 Å². The lowest BCUT2D eigenvalue weighted by Gasteiger charge is -1.97. The van der Waals surface area contributed by atoms with E-state index in [2.05, 4.69) is 15.0 Å². The Morgan fingerprint density at radius 1 is 1.73 bits per heavy atom. The fourth-order valence-corrected chi connectivity index (χ4v) is 1.29. The van der Waals surface area contributed by atoms with Crippen molar-refractivity contribution in [3.8, 4) is 0 Å². The van der Waals surface area contributed by atoms with Crippen LogP contribution in [0.1, 0.15) is 5.69 Å². The lowest BCUT2D eigenvalue weighted by atomic mass is 10.3. The Morgan fingerprint density at radius 2 is 2.47 bits per heavy atom. The van der Waals surface area contributed by atoms with E-state index in [0.717, 1.165) is 11.3 Å². The molecule has 0 amide bonds. The molecule has 0 aromatic carbocycles. The van der Waals surface area contributed by atoms with Crippen LogP contribution in [0.2, 0.25) is 0 Å². The molecule has 1 heterocycles. The molecular weight excluding hydrogens is 222 g/mol. The van der Waals surface area contributed by atoms with Crippen molar-refractivity contribution in [3.63, 3.8) is 0 Å². The molecule has 7 nitrogen and oxygen atoms in total. The van der Waals surface area contributed by atoms with E-state index in [1.54, 1.807) is 0 Å². The minimum Gasteiger partial charge on any atom is -0.476 e. The van der Waals surface area contributed by atoms with E-state index in [1.165, 1.54) is 5.38 Å². The van der Waals surface area contributed by atoms with Gasteiger partial charge in [0.2, 0.25) is 5.71 Å². The highest BCUT2D eigenvalue weighted by Gasteiger charge is 2.16. The predicted octanol–water partition coefficient (Wildman–Crippen LogP) is -0.477. The summed E-state index contributed by atoms with van der Waals surface area (Å²) in [5.74, 6) is -1.27. The normalized spacial score (nSPS) is 11.4. The SMILES string of the molecule is Nc1nc(C(=NOCCO)C(=O)O)cs1. The first-order valence-electron chi connectivity index (χ1n) is 3.90. The Morgan fingerprint density at radius 3 is 2.93 bits per heavy atom. The number of carbonyl (C=O) groups is 1. The minimum atomic E-state index is -1.27. The first-order chi connectivity index (χ1) is 7.15. The van der Waals surface area contributed by atoms with Crippen LogP contribution in [0.4, 0.5) is 5.13 Å². The molecule has 15 heavy (non-hydrogen) atoms. The predicted molar refractivity (Wildman–Crippen MR) is 53.7 cm³/mol. The highest BCUT2D eigenvalue weighted by Crippen LogP contribution is 2.12. The molecule has 0 unspecified atom stereocenters. The van der Waals surface area contributed by atoms with Gasteiger partial charge in [-0.1, -0.05) is 5.16 Å². The molecule has 0 aliphatic heterocycles. The highest BCUT2D eigenvalue weighted by molar-refractivity contribution is 7.13. The number of aliphatic hydroxyl groups excluding tert-OH is 1. The van der Waals surface area contributed by atoms with Crippen LogP contribution in [-0.4, -0.2) is 40.1 Å². The number of carboxylic acids is 1. The van der Waals surface area contributed by atoms with Crippen LogP contribution >= 0.6 is 11.3 Å². The average Bonchev–Trinajstić information content (AvgIpc) is 2.59. The van der Waals surface area contributed by atoms with E-state index in [9.17, 15) is 4.79 Å². The Bertz CT molecular complexity index is 376. The molecule has 0 saturated heterocycles. The smallest absolute Gasteiger partial charge is 0.360 e. The topological polar surface area (TPSA) is 118 Å². The fourth-order valence-electron chi connectivity index (χ4n) is 0.743. The van der Waals surface area contributed by atoms with E-state index in [0.29, 0.717) is 0 Å². The van der Waals surface area contributed by atoms with Crippen LogP contribution < -0.4 is 5.73 Å². The summed E-state index contributed by atoms with van der Waals surface area (Å²) >= 11 is 1.11. The van der Waals surface area contributed by atoms with Crippen LogP contribution in [0.15, 0.2) is 10.5 Å². The lowest BCUT2D eigenvalue weighted by molar-refractivity contribution is -0.129. The quantitative estimate of drug-likeness (QED) is 0.358. The van der Waals surface area contributed by atoms with Crippen LogP contribution in [0.3, 0.4) is 0 Å². The highest BCUT2D eigenvalue weighted by atomic mass is 32.1. The van der Waals surface area contributed by atoms with E-state index in [-0.39, 0.29) is 29.8 Å². The molecule has 4 N–H and O–H groups in total. The van der Waals surface area contributed by atoms with Gasteiger partial charge in [-0.3, -0.25) is 0 Å². The molecule has 0 radical (unpaired) electrons. The maximum absolute atomic E-state index is 10.8.